The number of hydrogen-bond donors (Lipinski definition) is 1. The van der Waals surface area contributed by atoms with E-state index >= 15 is 0 Å². The Morgan fingerprint density at radius 3 is 2.80 bits per heavy atom. The van der Waals surface area contributed by atoms with Crippen LogP contribution in [0.3, 0.4) is 0 Å². The molecule has 0 spiro atoms. The summed E-state index contributed by atoms with van der Waals surface area (Å²) in [6.07, 6.45) is 6.00. The molecule has 0 fully saturated rings. The van der Waals surface area contributed by atoms with Gasteiger partial charge in [-0.2, -0.15) is 0 Å². The minimum absolute atomic E-state index is 0.145. The van der Waals surface area contributed by atoms with Crippen molar-refractivity contribution in [3.05, 3.63) is 19.2 Å². The molecule has 15 heavy (non-hydrogen) atoms. The Morgan fingerprint density at radius 1 is 1.73 bits per heavy atom. The zero-order valence-electron chi connectivity index (χ0n) is 8.01. The van der Waals surface area contributed by atoms with Crippen molar-refractivity contribution < 1.29 is 4.79 Å². The maximum absolute atomic E-state index is 11.8. The van der Waals surface area contributed by atoms with Gasteiger partial charge in [-0.3, -0.25) is 4.79 Å². The highest BCUT2D eigenvalue weighted by molar-refractivity contribution is 9.12. The zero-order chi connectivity index (χ0) is 11.4. The quantitative estimate of drug-likeness (QED) is 0.831. The van der Waals surface area contributed by atoms with Crippen molar-refractivity contribution in [3.8, 4) is 12.3 Å². The summed E-state index contributed by atoms with van der Waals surface area (Å²) in [6.45, 7) is 1.93. The third-order valence-electron chi connectivity index (χ3n) is 1.82. The number of hydrogen-bond acceptors (Lipinski definition) is 2. The third kappa shape index (κ3) is 3.33. The van der Waals surface area contributed by atoms with Gasteiger partial charge in [0.05, 0.1) is 19.2 Å². The van der Waals surface area contributed by atoms with Crippen LogP contribution >= 0.6 is 43.2 Å². The molecule has 1 unspecified atom stereocenters. The predicted molar refractivity (Wildman–Crippen MR) is 70.1 cm³/mol. The van der Waals surface area contributed by atoms with Gasteiger partial charge in [-0.1, -0.05) is 12.8 Å². The molecule has 1 rings (SSSR count). The lowest BCUT2D eigenvalue weighted by Gasteiger charge is -2.09. The lowest BCUT2D eigenvalue weighted by Crippen LogP contribution is -2.33. The molecule has 0 bridgehead atoms. The van der Waals surface area contributed by atoms with E-state index in [1.165, 1.54) is 11.3 Å². The van der Waals surface area contributed by atoms with Crippen LogP contribution in [0.15, 0.2) is 13.6 Å². The third-order valence-corrected chi connectivity index (χ3v) is 4.16. The first-order chi connectivity index (χ1) is 7.08. The Balaban J connectivity index is 2.78. The number of thiophene rings is 1. The minimum Gasteiger partial charge on any atom is -0.338 e. The highest BCUT2D eigenvalue weighted by Gasteiger charge is 2.15. The normalized spacial score (nSPS) is 11.9. The largest absolute Gasteiger partial charge is 0.338 e. The van der Waals surface area contributed by atoms with Crippen molar-refractivity contribution in [1.82, 2.24) is 5.32 Å². The van der Waals surface area contributed by atoms with Crippen molar-refractivity contribution in [2.45, 2.75) is 19.4 Å². The molecule has 0 aromatic carbocycles. The average Bonchev–Trinajstić information content (AvgIpc) is 2.54. The molecule has 1 aromatic heterocycles. The van der Waals surface area contributed by atoms with E-state index in [9.17, 15) is 4.79 Å². The van der Waals surface area contributed by atoms with E-state index in [1.807, 2.05) is 6.92 Å². The molecule has 0 saturated carbocycles. The van der Waals surface area contributed by atoms with Crippen LogP contribution < -0.4 is 5.32 Å². The number of carbonyl (C=O) groups excluding carboxylic acids is 1. The van der Waals surface area contributed by atoms with Gasteiger partial charge < -0.3 is 5.32 Å². The summed E-state index contributed by atoms with van der Waals surface area (Å²) in [5.41, 5.74) is 0.612. The summed E-state index contributed by atoms with van der Waals surface area (Å²) < 4.78 is 1.71. The highest BCUT2D eigenvalue weighted by atomic mass is 79.9. The fraction of sp³-hybridized carbons (Fsp3) is 0.300. The molecule has 2 nitrogen and oxygen atoms in total. The smallest absolute Gasteiger partial charge is 0.254 e. The molecule has 1 N–H and O–H groups in total. The van der Waals surface area contributed by atoms with Gasteiger partial charge in [0.15, 0.2) is 0 Å². The Hall–Kier alpha value is -0.310. The van der Waals surface area contributed by atoms with Crippen LogP contribution in [0.1, 0.15) is 23.7 Å². The van der Waals surface area contributed by atoms with Crippen LogP contribution in [0.2, 0.25) is 0 Å². The number of carbonyl (C=O) groups is 1. The molecule has 0 aliphatic carbocycles. The summed E-state index contributed by atoms with van der Waals surface area (Å²) in [7, 11) is 0. The number of terminal acetylenes is 1. The number of nitrogens with one attached hydrogen (secondary N) is 1. The molecule has 1 atom stereocenters. The van der Waals surface area contributed by atoms with Crippen LogP contribution in [0, 0.1) is 12.3 Å². The molecular weight excluding hydrogens is 342 g/mol. The first-order valence-electron chi connectivity index (χ1n) is 4.30. The van der Waals surface area contributed by atoms with Crippen molar-refractivity contribution in [3.63, 3.8) is 0 Å². The van der Waals surface area contributed by atoms with E-state index in [-0.39, 0.29) is 11.9 Å². The van der Waals surface area contributed by atoms with Gasteiger partial charge in [0, 0.05) is 0 Å². The number of amides is 1. The topological polar surface area (TPSA) is 29.1 Å². The van der Waals surface area contributed by atoms with E-state index in [1.54, 1.807) is 6.07 Å². The lowest BCUT2D eigenvalue weighted by atomic mass is 10.2. The summed E-state index contributed by atoms with van der Waals surface area (Å²) in [5, 5.41) is 2.77. The van der Waals surface area contributed by atoms with E-state index in [0.717, 1.165) is 14.0 Å². The Morgan fingerprint density at radius 2 is 2.40 bits per heavy atom. The summed E-state index contributed by atoms with van der Waals surface area (Å²) in [6, 6.07) is 1.57. The molecular formula is C10H9Br2NOS. The Labute approximate surface area is 110 Å². The molecule has 1 aromatic rings. The van der Waals surface area contributed by atoms with Gasteiger partial charge in [0.2, 0.25) is 0 Å². The maximum atomic E-state index is 11.8. The van der Waals surface area contributed by atoms with Crippen molar-refractivity contribution in [1.29, 1.82) is 0 Å². The van der Waals surface area contributed by atoms with Gasteiger partial charge >= 0.3 is 0 Å². The van der Waals surface area contributed by atoms with Gasteiger partial charge in [0.1, 0.15) is 0 Å². The zero-order valence-corrected chi connectivity index (χ0v) is 12.0. The van der Waals surface area contributed by atoms with Gasteiger partial charge in [-0.15, -0.1) is 17.8 Å². The van der Waals surface area contributed by atoms with Crippen LogP contribution in [0.25, 0.3) is 0 Å². The summed E-state index contributed by atoms with van der Waals surface area (Å²) in [5.74, 6) is 2.38. The second-order valence-electron chi connectivity index (χ2n) is 2.84. The monoisotopic (exact) mass is 349 g/mol. The van der Waals surface area contributed by atoms with E-state index in [2.05, 4.69) is 43.1 Å². The first-order valence-corrected chi connectivity index (χ1v) is 6.70. The maximum Gasteiger partial charge on any atom is 0.254 e. The second kappa shape index (κ2) is 5.69. The number of rotatable bonds is 3. The van der Waals surface area contributed by atoms with Crippen LogP contribution in [0.5, 0.6) is 0 Å². The Kier molecular flexibility index (Phi) is 4.84. The molecule has 0 aliphatic rings. The standard InChI is InChI=1S/C10H9Br2NOS/c1-3-6(4-2)13-10(14)7-5-8(11)15-9(7)12/h1,5-6H,4H2,2H3,(H,13,14). The van der Waals surface area contributed by atoms with E-state index in [4.69, 9.17) is 6.42 Å². The fourth-order valence-electron chi connectivity index (χ4n) is 0.993. The fourth-order valence-corrected chi connectivity index (χ4v) is 3.79. The summed E-state index contributed by atoms with van der Waals surface area (Å²) in [4.78, 5) is 11.8. The van der Waals surface area contributed by atoms with E-state index < -0.39 is 0 Å². The van der Waals surface area contributed by atoms with E-state index in [0.29, 0.717) is 5.56 Å². The molecule has 80 valence electrons. The minimum atomic E-state index is -0.205. The lowest BCUT2D eigenvalue weighted by molar-refractivity contribution is 0.0945. The molecule has 0 radical (unpaired) electrons. The van der Waals surface area contributed by atoms with Crippen LogP contribution in [-0.4, -0.2) is 11.9 Å². The number of halogens is 2. The molecule has 0 aliphatic heterocycles. The van der Waals surface area contributed by atoms with Crippen LogP contribution in [-0.2, 0) is 0 Å². The SMILES string of the molecule is C#CC(CC)NC(=O)c1cc(Br)sc1Br. The average molecular weight is 351 g/mol. The van der Waals surface area contributed by atoms with Crippen molar-refractivity contribution >= 4 is 49.1 Å². The molecule has 5 heteroatoms. The highest BCUT2D eigenvalue weighted by Crippen LogP contribution is 2.31. The van der Waals surface area contributed by atoms with Crippen molar-refractivity contribution in [2.75, 3.05) is 0 Å². The van der Waals surface area contributed by atoms with Gasteiger partial charge in [0.25, 0.3) is 5.91 Å². The van der Waals surface area contributed by atoms with Crippen LogP contribution in [0.4, 0.5) is 0 Å². The molecule has 1 amide bonds. The second-order valence-corrected chi connectivity index (χ2v) is 6.59. The Bertz CT molecular complexity index is 408. The molecule has 0 saturated heterocycles. The summed E-state index contributed by atoms with van der Waals surface area (Å²) >= 11 is 8.11. The predicted octanol–water partition coefficient (Wildman–Crippen LogP) is 3.41. The first kappa shape index (κ1) is 12.8. The van der Waals surface area contributed by atoms with Crippen molar-refractivity contribution in [2.24, 2.45) is 0 Å². The van der Waals surface area contributed by atoms with Gasteiger partial charge in [-0.25, -0.2) is 0 Å². The molecule has 1 heterocycles. The van der Waals surface area contributed by atoms with Gasteiger partial charge in [-0.05, 0) is 44.3 Å².